The number of piperazine rings is 1. The maximum absolute atomic E-state index is 12.9. The Kier molecular flexibility index (Phi) is 4.39. The highest BCUT2D eigenvalue weighted by Gasteiger charge is 2.23. The van der Waals surface area contributed by atoms with Crippen LogP contribution in [-0.2, 0) is 6.54 Å². The average molecular weight is 332 g/mol. The first kappa shape index (κ1) is 15.7. The molecule has 0 bridgehead atoms. The first-order chi connectivity index (χ1) is 12.3. The summed E-state index contributed by atoms with van der Waals surface area (Å²) >= 11 is 0. The fourth-order valence-electron chi connectivity index (χ4n) is 3.29. The van der Waals surface area contributed by atoms with Crippen LogP contribution in [0.2, 0.25) is 0 Å². The molecule has 0 radical (unpaired) electrons. The van der Waals surface area contributed by atoms with Crippen molar-refractivity contribution in [2.75, 3.05) is 26.2 Å². The first-order valence-electron chi connectivity index (χ1n) is 8.56. The van der Waals surface area contributed by atoms with Crippen LogP contribution in [0.25, 0.3) is 10.9 Å². The van der Waals surface area contributed by atoms with E-state index in [2.05, 4.69) is 14.9 Å². The molecular weight excluding hydrogens is 312 g/mol. The van der Waals surface area contributed by atoms with Crippen molar-refractivity contribution in [1.82, 2.24) is 19.8 Å². The number of hydrogen-bond acceptors (Lipinski definition) is 4. The van der Waals surface area contributed by atoms with Gasteiger partial charge in [-0.1, -0.05) is 18.2 Å². The predicted molar refractivity (Wildman–Crippen MR) is 97.2 cm³/mol. The number of benzene rings is 1. The SMILES string of the molecule is O=C(c1cccc2ncccc12)N1CCN(Cc2ccccn2)CC1. The maximum atomic E-state index is 12.9. The van der Waals surface area contributed by atoms with E-state index in [0.29, 0.717) is 0 Å². The smallest absolute Gasteiger partial charge is 0.254 e. The number of rotatable bonds is 3. The van der Waals surface area contributed by atoms with E-state index >= 15 is 0 Å². The van der Waals surface area contributed by atoms with Crippen LogP contribution in [0.15, 0.2) is 60.9 Å². The number of carbonyl (C=O) groups excluding carboxylic acids is 1. The van der Waals surface area contributed by atoms with Crippen LogP contribution in [0.5, 0.6) is 0 Å². The molecule has 1 saturated heterocycles. The Morgan fingerprint density at radius 3 is 2.52 bits per heavy atom. The summed E-state index contributed by atoms with van der Waals surface area (Å²) in [6, 6.07) is 15.6. The molecule has 1 amide bonds. The van der Waals surface area contributed by atoms with Gasteiger partial charge in [0.1, 0.15) is 0 Å². The highest BCUT2D eigenvalue weighted by Crippen LogP contribution is 2.19. The van der Waals surface area contributed by atoms with E-state index in [1.807, 2.05) is 59.6 Å². The number of aromatic nitrogens is 2. The summed E-state index contributed by atoms with van der Waals surface area (Å²) in [5.74, 6) is 0.0936. The minimum absolute atomic E-state index is 0.0936. The third-order valence-electron chi connectivity index (χ3n) is 4.65. The van der Waals surface area contributed by atoms with Gasteiger partial charge in [-0.05, 0) is 30.3 Å². The summed E-state index contributed by atoms with van der Waals surface area (Å²) in [6.07, 6.45) is 3.58. The Labute approximate surface area is 146 Å². The molecule has 25 heavy (non-hydrogen) atoms. The van der Waals surface area contributed by atoms with Gasteiger partial charge in [-0.2, -0.15) is 0 Å². The number of amides is 1. The third kappa shape index (κ3) is 3.37. The molecule has 0 spiro atoms. The Balaban J connectivity index is 1.44. The predicted octanol–water partition coefficient (Wildman–Crippen LogP) is 2.59. The van der Waals surface area contributed by atoms with E-state index in [-0.39, 0.29) is 5.91 Å². The fourth-order valence-corrected chi connectivity index (χ4v) is 3.29. The number of hydrogen-bond donors (Lipinski definition) is 0. The zero-order chi connectivity index (χ0) is 17.1. The second-order valence-electron chi connectivity index (χ2n) is 6.27. The molecule has 2 aromatic heterocycles. The monoisotopic (exact) mass is 332 g/mol. The zero-order valence-corrected chi connectivity index (χ0v) is 14.0. The van der Waals surface area contributed by atoms with Crippen molar-refractivity contribution < 1.29 is 4.79 Å². The van der Waals surface area contributed by atoms with Crippen molar-refractivity contribution >= 4 is 16.8 Å². The first-order valence-corrected chi connectivity index (χ1v) is 8.56. The molecule has 5 heteroatoms. The van der Waals surface area contributed by atoms with Gasteiger partial charge in [0.05, 0.1) is 11.2 Å². The van der Waals surface area contributed by atoms with Crippen molar-refractivity contribution in [3.05, 3.63) is 72.2 Å². The molecule has 3 aromatic rings. The van der Waals surface area contributed by atoms with E-state index in [1.165, 1.54) is 0 Å². The van der Waals surface area contributed by atoms with Gasteiger partial charge in [0, 0.05) is 56.1 Å². The van der Waals surface area contributed by atoms with E-state index in [1.54, 1.807) is 6.20 Å². The summed E-state index contributed by atoms with van der Waals surface area (Å²) in [6.45, 7) is 4.04. The normalized spacial score (nSPS) is 15.4. The summed E-state index contributed by atoms with van der Waals surface area (Å²) in [5, 5.41) is 0.922. The summed E-state index contributed by atoms with van der Waals surface area (Å²) in [5.41, 5.74) is 2.67. The molecule has 1 aromatic carbocycles. The largest absolute Gasteiger partial charge is 0.336 e. The molecule has 4 rings (SSSR count). The topological polar surface area (TPSA) is 49.3 Å². The second-order valence-corrected chi connectivity index (χ2v) is 6.27. The average Bonchev–Trinajstić information content (AvgIpc) is 2.68. The molecule has 0 atom stereocenters. The Hall–Kier alpha value is -2.79. The molecule has 5 nitrogen and oxygen atoms in total. The number of nitrogens with zero attached hydrogens (tertiary/aromatic N) is 4. The van der Waals surface area contributed by atoms with E-state index < -0.39 is 0 Å². The second kappa shape index (κ2) is 6.99. The molecule has 0 aliphatic carbocycles. The van der Waals surface area contributed by atoms with E-state index in [0.717, 1.165) is 54.9 Å². The van der Waals surface area contributed by atoms with Gasteiger partial charge < -0.3 is 4.90 Å². The van der Waals surface area contributed by atoms with Gasteiger partial charge in [0.25, 0.3) is 5.91 Å². The summed E-state index contributed by atoms with van der Waals surface area (Å²) in [4.78, 5) is 26.0. The molecular formula is C20H20N4O. The van der Waals surface area contributed by atoms with E-state index in [4.69, 9.17) is 0 Å². The lowest BCUT2D eigenvalue weighted by atomic mass is 10.1. The number of pyridine rings is 2. The molecule has 0 unspecified atom stereocenters. The highest BCUT2D eigenvalue weighted by atomic mass is 16.2. The minimum Gasteiger partial charge on any atom is -0.336 e. The lowest BCUT2D eigenvalue weighted by Gasteiger charge is -2.34. The van der Waals surface area contributed by atoms with Gasteiger partial charge in [0.15, 0.2) is 0 Å². The minimum atomic E-state index is 0.0936. The molecule has 1 aliphatic heterocycles. The van der Waals surface area contributed by atoms with Gasteiger partial charge in [-0.3, -0.25) is 19.7 Å². The molecule has 1 aliphatic rings. The summed E-state index contributed by atoms with van der Waals surface area (Å²) < 4.78 is 0. The molecule has 3 heterocycles. The van der Waals surface area contributed by atoms with Crippen molar-refractivity contribution in [1.29, 1.82) is 0 Å². The zero-order valence-electron chi connectivity index (χ0n) is 14.0. The van der Waals surface area contributed by atoms with Gasteiger partial charge in [0.2, 0.25) is 0 Å². The van der Waals surface area contributed by atoms with Crippen LogP contribution in [0.1, 0.15) is 16.1 Å². The highest BCUT2D eigenvalue weighted by molar-refractivity contribution is 6.06. The standard InChI is InChI=1S/C20H20N4O/c25-20(18-6-3-8-19-17(18)7-4-10-22-19)24-13-11-23(12-14-24)15-16-5-1-2-9-21-16/h1-10H,11-15H2. The van der Waals surface area contributed by atoms with Crippen LogP contribution in [-0.4, -0.2) is 51.9 Å². The fraction of sp³-hybridized carbons (Fsp3) is 0.250. The molecule has 1 fully saturated rings. The third-order valence-corrected chi connectivity index (χ3v) is 4.65. The van der Waals surface area contributed by atoms with E-state index in [9.17, 15) is 4.79 Å². The van der Waals surface area contributed by atoms with Crippen molar-refractivity contribution in [2.24, 2.45) is 0 Å². The molecule has 0 saturated carbocycles. The number of fused-ring (bicyclic) bond motifs is 1. The van der Waals surface area contributed by atoms with Crippen LogP contribution in [0.4, 0.5) is 0 Å². The maximum Gasteiger partial charge on any atom is 0.254 e. The van der Waals surface area contributed by atoms with Gasteiger partial charge in [-0.15, -0.1) is 0 Å². The Morgan fingerprint density at radius 2 is 1.72 bits per heavy atom. The Morgan fingerprint density at radius 1 is 0.880 bits per heavy atom. The van der Waals surface area contributed by atoms with Crippen molar-refractivity contribution in [2.45, 2.75) is 6.54 Å². The van der Waals surface area contributed by atoms with Crippen molar-refractivity contribution in [3.63, 3.8) is 0 Å². The molecule has 0 N–H and O–H groups in total. The van der Waals surface area contributed by atoms with Crippen molar-refractivity contribution in [3.8, 4) is 0 Å². The quantitative estimate of drug-likeness (QED) is 0.740. The van der Waals surface area contributed by atoms with Crippen LogP contribution in [0.3, 0.4) is 0 Å². The van der Waals surface area contributed by atoms with Crippen LogP contribution < -0.4 is 0 Å². The van der Waals surface area contributed by atoms with Crippen LogP contribution in [0, 0.1) is 0 Å². The summed E-state index contributed by atoms with van der Waals surface area (Å²) in [7, 11) is 0. The van der Waals surface area contributed by atoms with Gasteiger partial charge >= 0.3 is 0 Å². The Bertz CT molecular complexity index is 868. The molecule has 126 valence electrons. The van der Waals surface area contributed by atoms with Crippen LogP contribution >= 0.6 is 0 Å². The lowest BCUT2D eigenvalue weighted by Crippen LogP contribution is -2.48. The van der Waals surface area contributed by atoms with Gasteiger partial charge in [-0.25, -0.2) is 0 Å². The number of carbonyl (C=O) groups is 1. The lowest BCUT2D eigenvalue weighted by molar-refractivity contribution is 0.0629.